The van der Waals surface area contributed by atoms with Crippen molar-refractivity contribution in [2.75, 3.05) is 7.05 Å². The summed E-state index contributed by atoms with van der Waals surface area (Å²) in [7, 11) is 1.57. The van der Waals surface area contributed by atoms with E-state index in [1.54, 1.807) is 24.0 Å². The van der Waals surface area contributed by atoms with Crippen LogP contribution in [0.15, 0.2) is 23.1 Å². The van der Waals surface area contributed by atoms with Gasteiger partial charge in [0, 0.05) is 19.4 Å². The van der Waals surface area contributed by atoms with E-state index >= 15 is 0 Å². The summed E-state index contributed by atoms with van der Waals surface area (Å²) < 4.78 is 2.37. The van der Waals surface area contributed by atoms with E-state index in [-0.39, 0.29) is 5.91 Å². The van der Waals surface area contributed by atoms with Gasteiger partial charge >= 0.3 is 0 Å². The van der Waals surface area contributed by atoms with E-state index in [0.29, 0.717) is 11.2 Å². The lowest BCUT2D eigenvalue weighted by Gasteiger charge is -1.96. The molecule has 0 atom stereocenters. The lowest BCUT2D eigenvalue weighted by atomic mass is 10.3. The highest BCUT2D eigenvalue weighted by atomic mass is 79.9. The quantitative estimate of drug-likeness (QED) is 0.821. The third-order valence-corrected chi connectivity index (χ3v) is 2.21. The van der Waals surface area contributed by atoms with Gasteiger partial charge in [0.2, 0.25) is 0 Å². The predicted molar refractivity (Wildman–Crippen MR) is 54.1 cm³/mol. The van der Waals surface area contributed by atoms with Crippen molar-refractivity contribution in [3.8, 4) is 0 Å². The standard InChI is InChI=1S/C8H7BrN4O/c1-10-8(14)6-3-12-13-4-5(9)2-11-7(6)13/h2-4H,1H3,(H,10,14). The molecule has 0 saturated heterocycles. The molecule has 0 aromatic carbocycles. The monoisotopic (exact) mass is 254 g/mol. The van der Waals surface area contributed by atoms with Gasteiger partial charge < -0.3 is 5.32 Å². The van der Waals surface area contributed by atoms with Crippen molar-refractivity contribution >= 4 is 27.5 Å². The number of amides is 1. The van der Waals surface area contributed by atoms with Gasteiger partial charge in [-0.2, -0.15) is 5.10 Å². The second-order valence-corrected chi connectivity index (χ2v) is 3.59. The number of rotatable bonds is 1. The van der Waals surface area contributed by atoms with E-state index in [0.717, 1.165) is 4.47 Å². The Labute approximate surface area is 88.3 Å². The van der Waals surface area contributed by atoms with E-state index in [2.05, 4.69) is 31.3 Å². The maximum atomic E-state index is 11.4. The third-order valence-electron chi connectivity index (χ3n) is 1.80. The Bertz CT molecular complexity index is 493. The molecule has 0 aliphatic heterocycles. The summed E-state index contributed by atoms with van der Waals surface area (Å²) in [6.45, 7) is 0. The normalized spacial score (nSPS) is 10.4. The van der Waals surface area contributed by atoms with Crippen molar-refractivity contribution in [2.24, 2.45) is 0 Å². The summed E-state index contributed by atoms with van der Waals surface area (Å²) in [5, 5.41) is 6.54. The van der Waals surface area contributed by atoms with Crippen molar-refractivity contribution in [2.45, 2.75) is 0 Å². The first-order valence-corrected chi connectivity index (χ1v) is 4.72. The number of carbonyl (C=O) groups is 1. The summed E-state index contributed by atoms with van der Waals surface area (Å²) >= 11 is 3.27. The van der Waals surface area contributed by atoms with Crippen LogP contribution in [0.2, 0.25) is 0 Å². The molecular weight excluding hydrogens is 248 g/mol. The van der Waals surface area contributed by atoms with Crippen LogP contribution in [0.3, 0.4) is 0 Å². The zero-order valence-electron chi connectivity index (χ0n) is 7.36. The van der Waals surface area contributed by atoms with Crippen molar-refractivity contribution < 1.29 is 4.79 Å². The molecule has 2 rings (SSSR count). The van der Waals surface area contributed by atoms with Crippen LogP contribution in [-0.4, -0.2) is 27.6 Å². The molecule has 0 aliphatic carbocycles. The predicted octanol–water partition coefficient (Wildman–Crippen LogP) is 0.851. The fraction of sp³-hybridized carbons (Fsp3) is 0.125. The first kappa shape index (κ1) is 9.14. The summed E-state index contributed by atoms with van der Waals surface area (Å²) in [5.41, 5.74) is 1.02. The van der Waals surface area contributed by atoms with Gasteiger partial charge in [0.15, 0.2) is 5.65 Å². The van der Waals surface area contributed by atoms with Crippen LogP contribution in [0.1, 0.15) is 10.4 Å². The molecule has 0 spiro atoms. The molecule has 14 heavy (non-hydrogen) atoms. The summed E-state index contributed by atoms with van der Waals surface area (Å²) in [6, 6.07) is 0. The molecule has 0 radical (unpaired) electrons. The zero-order valence-corrected chi connectivity index (χ0v) is 8.95. The minimum Gasteiger partial charge on any atom is -0.355 e. The Morgan fingerprint density at radius 1 is 1.57 bits per heavy atom. The first-order chi connectivity index (χ1) is 6.72. The molecule has 2 aromatic heterocycles. The molecule has 1 N–H and O–H groups in total. The number of aromatic nitrogens is 3. The van der Waals surface area contributed by atoms with Crippen LogP contribution in [0.5, 0.6) is 0 Å². The highest BCUT2D eigenvalue weighted by Gasteiger charge is 2.11. The smallest absolute Gasteiger partial charge is 0.256 e. The van der Waals surface area contributed by atoms with Crippen LogP contribution in [0.4, 0.5) is 0 Å². The van der Waals surface area contributed by atoms with Gasteiger partial charge in [-0.15, -0.1) is 0 Å². The second kappa shape index (κ2) is 3.38. The van der Waals surface area contributed by atoms with Crippen molar-refractivity contribution in [3.05, 3.63) is 28.6 Å². The number of nitrogens with one attached hydrogen (secondary N) is 1. The molecule has 5 nitrogen and oxygen atoms in total. The Balaban J connectivity index is 2.64. The molecule has 0 fully saturated rings. The largest absolute Gasteiger partial charge is 0.355 e. The van der Waals surface area contributed by atoms with Crippen LogP contribution in [0, 0.1) is 0 Å². The van der Waals surface area contributed by atoms with Crippen molar-refractivity contribution in [3.63, 3.8) is 0 Å². The molecule has 6 heteroatoms. The highest BCUT2D eigenvalue weighted by molar-refractivity contribution is 9.10. The van der Waals surface area contributed by atoms with E-state index in [4.69, 9.17) is 0 Å². The van der Waals surface area contributed by atoms with Gasteiger partial charge in [0.1, 0.15) is 5.56 Å². The van der Waals surface area contributed by atoms with Gasteiger partial charge in [-0.1, -0.05) is 0 Å². The molecule has 0 unspecified atom stereocenters. The topological polar surface area (TPSA) is 59.3 Å². The third kappa shape index (κ3) is 1.37. The first-order valence-electron chi connectivity index (χ1n) is 3.93. The number of hydrogen-bond acceptors (Lipinski definition) is 3. The van der Waals surface area contributed by atoms with Gasteiger partial charge in [-0.25, -0.2) is 9.50 Å². The van der Waals surface area contributed by atoms with E-state index in [1.807, 2.05) is 0 Å². The van der Waals surface area contributed by atoms with Crippen LogP contribution in [-0.2, 0) is 0 Å². The van der Waals surface area contributed by atoms with Crippen molar-refractivity contribution in [1.29, 1.82) is 0 Å². The Morgan fingerprint density at radius 2 is 2.36 bits per heavy atom. The number of hydrogen-bond donors (Lipinski definition) is 1. The maximum Gasteiger partial charge on any atom is 0.256 e. The Hall–Kier alpha value is -1.43. The van der Waals surface area contributed by atoms with Crippen LogP contribution >= 0.6 is 15.9 Å². The lowest BCUT2D eigenvalue weighted by molar-refractivity contribution is 0.0964. The van der Waals surface area contributed by atoms with Crippen LogP contribution in [0.25, 0.3) is 5.65 Å². The Morgan fingerprint density at radius 3 is 3.07 bits per heavy atom. The van der Waals surface area contributed by atoms with Gasteiger partial charge in [0.05, 0.1) is 10.7 Å². The molecule has 2 aromatic rings. The SMILES string of the molecule is CNC(=O)c1cnn2cc(Br)cnc12. The number of halogens is 1. The Kier molecular flexibility index (Phi) is 2.20. The number of nitrogens with zero attached hydrogens (tertiary/aromatic N) is 3. The molecular formula is C8H7BrN4O. The zero-order chi connectivity index (χ0) is 10.1. The average molecular weight is 255 g/mol. The van der Waals surface area contributed by atoms with E-state index in [1.165, 1.54) is 6.20 Å². The molecule has 0 bridgehead atoms. The summed E-state index contributed by atoms with van der Waals surface area (Å²) in [5.74, 6) is -0.185. The molecule has 0 saturated carbocycles. The number of fused-ring (bicyclic) bond motifs is 1. The molecule has 72 valence electrons. The lowest BCUT2D eigenvalue weighted by Crippen LogP contribution is -2.17. The fourth-order valence-electron chi connectivity index (χ4n) is 1.15. The van der Waals surface area contributed by atoms with Gasteiger partial charge in [-0.05, 0) is 15.9 Å². The highest BCUT2D eigenvalue weighted by Crippen LogP contribution is 2.11. The number of carbonyl (C=O) groups excluding carboxylic acids is 1. The maximum absolute atomic E-state index is 11.4. The van der Waals surface area contributed by atoms with Gasteiger partial charge in [-0.3, -0.25) is 4.79 Å². The average Bonchev–Trinajstić information content (AvgIpc) is 2.59. The minimum absolute atomic E-state index is 0.185. The van der Waals surface area contributed by atoms with E-state index < -0.39 is 0 Å². The summed E-state index contributed by atoms with van der Waals surface area (Å²) in [4.78, 5) is 15.5. The summed E-state index contributed by atoms with van der Waals surface area (Å²) in [6.07, 6.45) is 4.87. The van der Waals surface area contributed by atoms with Gasteiger partial charge in [0.25, 0.3) is 5.91 Å². The minimum atomic E-state index is -0.185. The van der Waals surface area contributed by atoms with Crippen molar-refractivity contribution in [1.82, 2.24) is 19.9 Å². The fourth-order valence-corrected chi connectivity index (χ4v) is 1.44. The van der Waals surface area contributed by atoms with E-state index in [9.17, 15) is 4.79 Å². The molecule has 2 heterocycles. The second-order valence-electron chi connectivity index (χ2n) is 2.68. The molecule has 1 amide bonds. The molecule has 0 aliphatic rings. The van der Waals surface area contributed by atoms with Crippen LogP contribution < -0.4 is 5.32 Å².